The van der Waals surface area contributed by atoms with Crippen molar-refractivity contribution in [3.05, 3.63) is 52.5 Å². The maximum atomic E-state index is 11.2. The summed E-state index contributed by atoms with van der Waals surface area (Å²) in [4.78, 5) is 11.2. The van der Waals surface area contributed by atoms with Crippen molar-refractivity contribution >= 4 is 33.2 Å². The quantitative estimate of drug-likeness (QED) is 0.857. The van der Waals surface area contributed by atoms with Gasteiger partial charge in [0.1, 0.15) is 5.75 Å². The van der Waals surface area contributed by atoms with E-state index in [2.05, 4.69) is 26.6 Å². The minimum atomic E-state index is -0.0810. The van der Waals surface area contributed by atoms with Crippen LogP contribution in [0.5, 0.6) is 5.75 Å². The SMILES string of the molecule is COc1ccc(Br)cc1NCc1ccccc1NC(C)=O. The van der Waals surface area contributed by atoms with Crippen LogP contribution in [0.2, 0.25) is 0 Å². The number of hydrogen-bond acceptors (Lipinski definition) is 3. The fourth-order valence-electron chi connectivity index (χ4n) is 1.99. The summed E-state index contributed by atoms with van der Waals surface area (Å²) in [5.74, 6) is 0.692. The van der Waals surface area contributed by atoms with Crippen LogP contribution in [0.25, 0.3) is 0 Å². The summed E-state index contributed by atoms with van der Waals surface area (Å²) in [6, 6.07) is 13.5. The maximum Gasteiger partial charge on any atom is 0.221 e. The van der Waals surface area contributed by atoms with Gasteiger partial charge < -0.3 is 15.4 Å². The first-order chi connectivity index (χ1) is 10.1. The molecule has 0 aliphatic heterocycles. The number of benzene rings is 2. The molecule has 0 atom stereocenters. The number of para-hydroxylation sites is 1. The van der Waals surface area contributed by atoms with Crippen LogP contribution in [-0.4, -0.2) is 13.0 Å². The molecule has 0 aliphatic carbocycles. The highest BCUT2D eigenvalue weighted by Crippen LogP contribution is 2.29. The molecule has 0 heterocycles. The van der Waals surface area contributed by atoms with Gasteiger partial charge in [-0.1, -0.05) is 34.1 Å². The summed E-state index contributed by atoms with van der Waals surface area (Å²) in [5, 5.41) is 6.16. The van der Waals surface area contributed by atoms with Crippen LogP contribution < -0.4 is 15.4 Å². The molecule has 2 rings (SSSR count). The smallest absolute Gasteiger partial charge is 0.221 e. The molecule has 0 saturated carbocycles. The molecule has 0 fully saturated rings. The number of carbonyl (C=O) groups is 1. The van der Waals surface area contributed by atoms with Crippen LogP contribution in [0, 0.1) is 0 Å². The number of ether oxygens (including phenoxy) is 1. The Morgan fingerprint density at radius 2 is 1.95 bits per heavy atom. The van der Waals surface area contributed by atoms with Crippen molar-refractivity contribution in [2.45, 2.75) is 13.5 Å². The third-order valence-corrected chi connectivity index (χ3v) is 3.45. The van der Waals surface area contributed by atoms with Gasteiger partial charge in [0, 0.05) is 23.6 Å². The molecule has 0 unspecified atom stereocenters. The molecule has 0 aliphatic rings. The summed E-state index contributed by atoms with van der Waals surface area (Å²) in [6.07, 6.45) is 0. The third kappa shape index (κ3) is 4.23. The average Bonchev–Trinajstić information content (AvgIpc) is 2.46. The van der Waals surface area contributed by atoms with Crippen LogP contribution >= 0.6 is 15.9 Å². The molecular weight excluding hydrogens is 332 g/mol. The topological polar surface area (TPSA) is 50.4 Å². The van der Waals surface area contributed by atoms with Crippen molar-refractivity contribution in [1.29, 1.82) is 0 Å². The van der Waals surface area contributed by atoms with Gasteiger partial charge in [0.15, 0.2) is 0 Å². The van der Waals surface area contributed by atoms with Crippen molar-refractivity contribution in [1.82, 2.24) is 0 Å². The van der Waals surface area contributed by atoms with E-state index in [1.807, 2.05) is 42.5 Å². The molecule has 0 radical (unpaired) electrons. The highest BCUT2D eigenvalue weighted by Gasteiger charge is 2.06. The van der Waals surface area contributed by atoms with Crippen molar-refractivity contribution in [2.75, 3.05) is 17.7 Å². The Labute approximate surface area is 132 Å². The minimum absolute atomic E-state index is 0.0810. The van der Waals surface area contributed by atoms with E-state index in [0.29, 0.717) is 6.54 Å². The van der Waals surface area contributed by atoms with Crippen LogP contribution in [0.15, 0.2) is 46.9 Å². The van der Waals surface area contributed by atoms with E-state index < -0.39 is 0 Å². The normalized spacial score (nSPS) is 10.0. The summed E-state index contributed by atoms with van der Waals surface area (Å²) in [5.41, 5.74) is 2.71. The first kappa shape index (κ1) is 15.4. The lowest BCUT2D eigenvalue weighted by atomic mass is 10.1. The number of halogens is 1. The van der Waals surface area contributed by atoms with Crippen LogP contribution in [-0.2, 0) is 11.3 Å². The molecule has 4 nitrogen and oxygen atoms in total. The average molecular weight is 349 g/mol. The van der Waals surface area contributed by atoms with Gasteiger partial charge in [-0.2, -0.15) is 0 Å². The van der Waals surface area contributed by atoms with Crippen molar-refractivity contribution in [3.63, 3.8) is 0 Å². The zero-order valence-corrected chi connectivity index (χ0v) is 13.5. The van der Waals surface area contributed by atoms with E-state index in [0.717, 1.165) is 27.2 Å². The van der Waals surface area contributed by atoms with Gasteiger partial charge in [-0.15, -0.1) is 0 Å². The number of methoxy groups -OCH3 is 1. The Hall–Kier alpha value is -2.01. The lowest BCUT2D eigenvalue weighted by Crippen LogP contribution is -2.10. The molecule has 110 valence electrons. The highest BCUT2D eigenvalue weighted by atomic mass is 79.9. The van der Waals surface area contributed by atoms with Gasteiger partial charge in [-0.25, -0.2) is 0 Å². The van der Waals surface area contributed by atoms with Gasteiger partial charge >= 0.3 is 0 Å². The van der Waals surface area contributed by atoms with Gasteiger partial charge in [0.25, 0.3) is 0 Å². The largest absolute Gasteiger partial charge is 0.495 e. The second kappa shape index (κ2) is 7.13. The Morgan fingerprint density at radius 1 is 1.19 bits per heavy atom. The van der Waals surface area contributed by atoms with Gasteiger partial charge in [0.05, 0.1) is 12.8 Å². The zero-order valence-electron chi connectivity index (χ0n) is 11.9. The number of nitrogens with one attached hydrogen (secondary N) is 2. The van der Waals surface area contributed by atoms with Gasteiger partial charge in [-0.05, 0) is 29.8 Å². The van der Waals surface area contributed by atoms with Crippen LogP contribution in [0.3, 0.4) is 0 Å². The Balaban J connectivity index is 2.17. The van der Waals surface area contributed by atoms with Crippen LogP contribution in [0.4, 0.5) is 11.4 Å². The molecule has 21 heavy (non-hydrogen) atoms. The highest BCUT2D eigenvalue weighted by molar-refractivity contribution is 9.10. The molecule has 0 saturated heterocycles. The second-order valence-electron chi connectivity index (χ2n) is 4.54. The number of hydrogen-bond donors (Lipinski definition) is 2. The maximum absolute atomic E-state index is 11.2. The summed E-state index contributed by atoms with van der Waals surface area (Å²) in [6.45, 7) is 2.09. The summed E-state index contributed by atoms with van der Waals surface area (Å²) >= 11 is 3.45. The molecule has 0 spiro atoms. The molecule has 2 aromatic rings. The van der Waals surface area contributed by atoms with E-state index >= 15 is 0 Å². The van der Waals surface area contributed by atoms with E-state index in [9.17, 15) is 4.79 Å². The van der Waals surface area contributed by atoms with E-state index in [1.165, 1.54) is 6.92 Å². The first-order valence-corrected chi connectivity index (χ1v) is 7.32. The predicted molar refractivity (Wildman–Crippen MR) is 88.8 cm³/mol. The van der Waals surface area contributed by atoms with E-state index in [-0.39, 0.29) is 5.91 Å². The molecule has 0 aromatic heterocycles. The lowest BCUT2D eigenvalue weighted by Gasteiger charge is -2.14. The number of amides is 1. The van der Waals surface area contributed by atoms with E-state index in [4.69, 9.17) is 4.74 Å². The van der Waals surface area contributed by atoms with Crippen molar-refractivity contribution in [2.24, 2.45) is 0 Å². The predicted octanol–water partition coefficient (Wildman–Crippen LogP) is 4.03. The molecule has 0 bridgehead atoms. The number of anilines is 2. The van der Waals surface area contributed by atoms with Crippen LogP contribution in [0.1, 0.15) is 12.5 Å². The molecule has 5 heteroatoms. The molecule has 2 N–H and O–H groups in total. The lowest BCUT2D eigenvalue weighted by molar-refractivity contribution is -0.114. The summed E-state index contributed by atoms with van der Waals surface area (Å²) < 4.78 is 6.30. The third-order valence-electron chi connectivity index (χ3n) is 2.96. The molecule has 1 amide bonds. The Kier molecular flexibility index (Phi) is 5.22. The first-order valence-electron chi connectivity index (χ1n) is 6.53. The number of carbonyl (C=O) groups excluding carboxylic acids is 1. The van der Waals surface area contributed by atoms with E-state index in [1.54, 1.807) is 7.11 Å². The molecular formula is C16H17BrN2O2. The Bertz CT molecular complexity index is 644. The molecule has 2 aromatic carbocycles. The fraction of sp³-hybridized carbons (Fsp3) is 0.188. The fourth-order valence-corrected chi connectivity index (χ4v) is 2.36. The van der Waals surface area contributed by atoms with Gasteiger partial charge in [-0.3, -0.25) is 4.79 Å². The monoisotopic (exact) mass is 348 g/mol. The van der Waals surface area contributed by atoms with Gasteiger partial charge in [0.2, 0.25) is 5.91 Å². The minimum Gasteiger partial charge on any atom is -0.495 e. The van der Waals surface area contributed by atoms with Crippen molar-refractivity contribution < 1.29 is 9.53 Å². The summed E-state index contributed by atoms with van der Waals surface area (Å²) in [7, 11) is 1.64. The van der Waals surface area contributed by atoms with Crippen molar-refractivity contribution in [3.8, 4) is 5.75 Å². The second-order valence-corrected chi connectivity index (χ2v) is 5.45. The zero-order chi connectivity index (χ0) is 15.2. The number of rotatable bonds is 5. The Morgan fingerprint density at radius 3 is 2.67 bits per heavy atom. The standard InChI is InChI=1S/C16H17BrN2O2/c1-11(20)19-14-6-4-3-5-12(14)10-18-15-9-13(17)7-8-16(15)21-2/h3-9,18H,10H2,1-2H3,(H,19,20).